The predicted octanol–water partition coefficient (Wildman–Crippen LogP) is 1.08. The lowest BCUT2D eigenvalue weighted by atomic mass is 9.75. The van der Waals surface area contributed by atoms with Gasteiger partial charge in [0.2, 0.25) is 0 Å². The largest absolute Gasteiger partial charge is 0.395 e. The monoisotopic (exact) mass is 277 g/mol. The summed E-state index contributed by atoms with van der Waals surface area (Å²) in [6, 6.07) is 0. The lowest BCUT2D eigenvalue weighted by Gasteiger charge is -2.47. The predicted molar refractivity (Wildman–Crippen MR) is 77.6 cm³/mol. The molecule has 0 aromatic carbocycles. The van der Waals surface area contributed by atoms with Crippen LogP contribution in [0.2, 0.25) is 0 Å². The van der Waals surface area contributed by atoms with Gasteiger partial charge >= 0.3 is 0 Å². The summed E-state index contributed by atoms with van der Waals surface area (Å²) in [5.74, 6) is 0.308. The Kier molecular flexibility index (Phi) is 3.20. The summed E-state index contributed by atoms with van der Waals surface area (Å²) in [4.78, 5) is 14.4. The van der Waals surface area contributed by atoms with Crippen molar-refractivity contribution in [1.29, 1.82) is 0 Å². The fourth-order valence-corrected chi connectivity index (χ4v) is 2.92. The van der Waals surface area contributed by atoms with Gasteiger partial charge in [0.25, 0.3) is 5.91 Å². The highest BCUT2D eigenvalue weighted by Gasteiger charge is 2.39. The number of nitrogen functional groups attached to an aromatic ring is 1. The topological polar surface area (TPSA) is 87.0 Å². The zero-order valence-electron chi connectivity index (χ0n) is 12.2. The number of H-pyrrole nitrogens is 1. The first-order chi connectivity index (χ1) is 9.53. The Bertz CT molecular complexity index is 514. The molecule has 20 heavy (non-hydrogen) atoms. The van der Waals surface area contributed by atoms with Gasteiger partial charge in [0.1, 0.15) is 0 Å². The number of nitrogens with two attached hydrogens (primary N) is 1. The number of rotatable bonds is 5. The second-order valence-electron chi connectivity index (χ2n) is 6.33. The average molecular weight is 277 g/mol. The van der Waals surface area contributed by atoms with Crippen LogP contribution in [-0.2, 0) is 0 Å². The molecule has 1 heterocycles. The molecule has 0 unspecified atom stereocenters. The molecule has 110 valence electrons. The first-order valence-corrected chi connectivity index (χ1v) is 7.33. The van der Waals surface area contributed by atoms with Crippen molar-refractivity contribution in [3.8, 4) is 0 Å². The highest BCUT2D eigenvalue weighted by Crippen LogP contribution is 2.42. The highest BCUT2D eigenvalue weighted by atomic mass is 16.2. The molecular weight excluding hydrogens is 254 g/mol. The summed E-state index contributed by atoms with van der Waals surface area (Å²) in [5.41, 5.74) is 7.94. The van der Waals surface area contributed by atoms with Crippen LogP contribution in [0.5, 0.6) is 0 Å². The molecule has 6 heteroatoms. The molecule has 2 saturated carbocycles. The minimum atomic E-state index is -0.168. The van der Waals surface area contributed by atoms with E-state index in [0.29, 0.717) is 23.8 Å². The molecule has 1 aromatic heterocycles. The number of nitrogens with one attached hydrogen (secondary N) is 2. The summed E-state index contributed by atoms with van der Waals surface area (Å²) in [6.07, 6.45) is 5.76. The van der Waals surface area contributed by atoms with Crippen molar-refractivity contribution >= 4 is 11.6 Å². The molecule has 0 atom stereocenters. The SMILES string of the molecule is CN(C)C1(CNC(=O)c2n[nH]c(C3CC3)c2N)CCC1. The summed E-state index contributed by atoms with van der Waals surface area (Å²) < 4.78 is 0. The van der Waals surface area contributed by atoms with Gasteiger partial charge in [-0.1, -0.05) is 0 Å². The number of nitrogens with zero attached hydrogens (tertiary/aromatic N) is 2. The van der Waals surface area contributed by atoms with E-state index in [4.69, 9.17) is 5.73 Å². The number of carbonyl (C=O) groups excluding carboxylic acids is 1. The maximum absolute atomic E-state index is 12.2. The second-order valence-corrected chi connectivity index (χ2v) is 6.33. The fraction of sp³-hybridized carbons (Fsp3) is 0.714. The van der Waals surface area contributed by atoms with E-state index in [-0.39, 0.29) is 11.4 Å². The van der Waals surface area contributed by atoms with Crippen LogP contribution in [0, 0.1) is 0 Å². The van der Waals surface area contributed by atoms with Crippen LogP contribution in [0.1, 0.15) is 54.2 Å². The molecule has 1 amide bonds. The average Bonchev–Trinajstić information content (AvgIpc) is 3.11. The third kappa shape index (κ3) is 2.18. The van der Waals surface area contributed by atoms with Gasteiger partial charge in [-0.25, -0.2) is 0 Å². The quantitative estimate of drug-likeness (QED) is 0.751. The van der Waals surface area contributed by atoms with Crippen molar-refractivity contribution in [2.75, 3.05) is 26.4 Å². The van der Waals surface area contributed by atoms with E-state index < -0.39 is 0 Å². The van der Waals surface area contributed by atoms with E-state index in [0.717, 1.165) is 31.4 Å². The zero-order valence-corrected chi connectivity index (χ0v) is 12.2. The van der Waals surface area contributed by atoms with Crippen LogP contribution in [0.15, 0.2) is 0 Å². The first-order valence-electron chi connectivity index (χ1n) is 7.33. The lowest BCUT2D eigenvalue weighted by Crippen LogP contribution is -2.57. The first kappa shape index (κ1) is 13.4. The molecule has 2 aliphatic rings. The highest BCUT2D eigenvalue weighted by molar-refractivity contribution is 5.97. The van der Waals surface area contributed by atoms with Gasteiger partial charge in [0.15, 0.2) is 5.69 Å². The van der Waals surface area contributed by atoms with Crippen molar-refractivity contribution < 1.29 is 4.79 Å². The Morgan fingerprint density at radius 3 is 2.70 bits per heavy atom. The molecule has 3 rings (SSSR count). The standard InChI is InChI=1S/C14H23N5O/c1-19(2)14(6-3-7-14)8-16-13(20)12-10(15)11(17-18-12)9-4-5-9/h9H,3-8,15H2,1-2H3,(H,16,20)(H,17,18). The molecule has 0 saturated heterocycles. The molecule has 2 aliphatic carbocycles. The van der Waals surface area contributed by atoms with Crippen LogP contribution in [0.3, 0.4) is 0 Å². The molecule has 1 aromatic rings. The summed E-state index contributed by atoms with van der Waals surface area (Å²) in [7, 11) is 4.14. The number of hydrogen-bond donors (Lipinski definition) is 3. The third-order valence-corrected chi connectivity index (χ3v) is 4.85. The van der Waals surface area contributed by atoms with Crippen LogP contribution < -0.4 is 11.1 Å². The maximum Gasteiger partial charge on any atom is 0.274 e. The molecule has 0 aliphatic heterocycles. The van der Waals surface area contributed by atoms with Gasteiger partial charge < -0.3 is 16.0 Å². The summed E-state index contributed by atoms with van der Waals surface area (Å²) in [5, 5.41) is 10.0. The van der Waals surface area contributed by atoms with Gasteiger partial charge in [-0.15, -0.1) is 0 Å². The lowest BCUT2D eigenvalue weighted by molar-refractivity contribution is 0.0556. The summed E-state index contributed by atoms with van der Waals surface area (Å²) in [6.45, 7) is 0.657. The van der Waals surface area contributed by atoms with Gasteiger partial charge in [-0.05, 0) is 46.2 Å². The van der Waals surface area contributed by atoms with E-state index in [1.807, 2.05) is 0 Å². The zero-order chi connectivity index (χ0) is 14.3. The molecule has 4 N–H and O–H groups in total. The Balaban J connectivity index is 1.64. The van der Waals surface area contributed by atoms with Crippen LogP contribution >= 0.6 is 0 Å². The van der Waals surface area contributed by atoms with Crippen molar-refractivity contribution in [3.63, 3.8) is 0 Å². The van der Waals surface area contributed by atoms with E-state index >= 15 is 0 Å². The normalized spacial score (nSPS) is 20.8. The molecule has 0 spiro atoms. The van der Waals surface area contributed by atoms with Gasteiger partial charge in [-0.3, -0.25) is 9.89 Å². The van der Waals surface area contributed by atoms with E-state index in [2.05, 4.69) is 34.5 Å². The van der Waals surface area contributed by atoms with Crippen LogP contribution in [0.25, 0.3) is 0 Å². The number of hydrogen-bond acceptors (Lipinski definition) is 4. The maximum atomic E-state index is 12.2. The molecule has 6 nitrogen and oxygen atoms in total. The Hall–Kier alpha value is -1.56. The molecular formula is C14H23N5O. The molecule has 0 bridgehead atoms. The number of likely N-dealkylation sites (N-methyl/N-ethyl adjacent to an activating group) is 1. The smallest absolute Gasteiger partial charge is 0.274 e. The van der Waals surface area contributed by atoms with E-state index in [1.165, 1.54) is 6.42 Å². The molecule has 2 fully saturated rings. The van der Waals surface area contributed by atoms with Gasteiger partial charge in [0, 0.05) is 18.0 Å². The summed E-state index contributed by atoms with van der Waals surface area (Å²) >= 11 is 0. The number of anilines is 1. The number of aromatic nitrogens is 2. The van der Waals surface area contributed by atoms with Gasteiger partial charge in [-0.2, -0.15) is 5.10 Å². The minimum absolute atomic E-state index is 0.111. The van der Waals surface area contributed by atoms with Crippen molar-refractivity contribution in [2.24, 2.45) is 0 Å². The van der Waals surface area contributed by atoms with Crippen molar-refractivity contribution in [1.82, 2.24) is 20.4 Å². The molecule has 0 radical (unpaired) electrons. The Morgan fingerprint density at radius 2 is 2.20 bits per heavy atom. The van der Waals surface area contributed by atoms with Gasteiger partial charge in [0.05, 0.1) is 11.4 Å². The number of amides is 1. The van der Waals surface area contributed by atoms with E-state index in [9.17, 15) is 4.79 Å². The Labute approximate surface area is 119 Å². The van der Waals surface area contributed by atoms with Crippen molar-refractivity contribution in [2.45, 2.75) is 43.6 Å². The Morgan fingerprint density at radius 1 is 1.50 bits per heavy atom. The minimum Gasteiger partial charge on any atom is -0.395 e. The number of carbonyl (C=O) groups is 1. The van der Waals surface area contributed by atoms with Crippen LogP contribution in [0.4, 0.5) is 5.69 Å². The number of aromatic amines is 1. The second kappa shape index (κ2) is 4.77. The third-order valence-electron chi connectivity index (χ3n) is 4.85. The van der Waals surface area contributed by atoms with Crippen molar-refractivity contribution in [3.05, 3.63) is 11.4 Å². The van der Waals surface area contributed by atoms with Crippen LogP contribution in [-0.4, -0.2) is 47.2 Å². The fourth-order valence-electron chi connectivity index (χ4n) is 2.92. The van der Waals surface area contributed by atoms with E-state index in [1.54, 1.807) is 0 Å².